The molecule has 0 radical (unpaired) electrons. The summed E-state index contributed by atoms with van der Waals surface area (Å²) in [5, 5.41) is 8.64. The molecule has 3 aromatic rings. The van der Waals surface area contributed by atoms with Crippen molar-refractivity contribution in [3.05, 3.63) is 46.9 Å². The van der Waals surface area contributed by atoms with Gasteiger partial charge in [0.15, 0.2) is 5.82 Å². The van der Waals surface area contributed by atoms with Crippen LogP contribution in [0.1, 0.15) is 30.6 Å². The number of hydrogen-bond acceptors (Lipinski definition) is 8. The summed E-state index contributed by atoms with van der Waals surface area (Å²) in [4.78, 5) is 13.5. The first-order valence-corrected chi connectivity index (χ1v) is 9.31. The minimum atomic E-state index is 0.119. The maximum Gasteiger partial charge on any atom is 0.243 e. The van der Waals surface area contributed by atoms with Crippen molar-refractivity contribution in [2.24, 2.45) is 0 Å². The highest BCUT2D eigenvalue weighted by molar-refractivity contribution is 6.30. The molecule has 142 valence electrons. The zero-order valence-corrected chi connectivity index (χ0v) is 16.1. The van der Waals surface area contributed by atoms with Crippen molar-refractivity contribution in [3.63, 3.8) is 0 Å². The van der Waals surface area contributed by atoms with Crippen LogP contribution in [0.5, 0.6) is 0 Å². The van der Waals surface area contributed by atoms with Gasteiger partial charge in [-0.3, -0.25) is 9.80 Å². The number of benzene rings is 1. The van der Waals surface area contributed by atoms with Crippen molar-refractivity contribution in [2.45, 2.75) is 26.4 Å². The first-order chi connectivity index (χ1) is 13.1. The molecule has 0 bridgehead atoms. The molecular weight excluding hydrogens is 368 g/mol. The molecule has 1 saturated heterocycles. The summed E-state index contributed by atoms with van der Waals surface area (Å²) in [5.41, 5.74) is 0.892. The van der Waals surface area contributed by atoms with Crippen LogP contribution < -0.4 is 0 Å². The van der Waals surface area contributed by atoms with Gasteiger partial charge in [0.05, 0.1) is 12.6 Å². The molecule has 1 aliphatic heterocycles. The van der Waals surface area contributed by atoms with E-state index in [1.165, 1.54) is 0 Å². The van der Waals surface area contributed by atoms with Crippen molar-refractivity contribution in [1.29, 1.82) is 0 Å². The Morgan fingerprint density at radius 2 is 1.78 bits per heavy atom. The summed E-state index contributed by atoms with van der Waals surface area (Å²) >= 11 is 5.92. The fourth-order valence-electron chi connectivity index (χ4n) is 3.17. The van der Waals surface area contributed by atoms with Gasteiger partial charge in [0.1, 0.15) is 0 Å². The normalized spacial score (nSPS) is 17.3. The van der Waals surface area contributed by atoms with Crippen LogP contribution in [0.15, 0.2) is 33.3 Å². The Hall–Kier alpha value is -2.29. The van der Waals surface area contributed by atoms with Crippen LogP contribution in [0.4, 0.5) is 0 Å². The van der Waals surface area contributed by atoms with Gasteiger partial charge in [-0.25, -0.2) is 0 Å². The smallest absolute Gasteiger partial charge is 0.243 e. The van der Waals surface area contributed by atoms with E-state index in [9.17, 15) is 0 Å². The highest BCUT2D eigenvalue weighted by Gasteiger charge is 2.26. The molecule has 0 saturated carbocycles. The van der Waals surface area contributed by atoms with Crippen LogP contribution in [0.2, 0.25) is 5.02 Å². The number of rotatable bonds is 5. The van der Waals surface area contributed by atoms with Crippen LogP contribution in [-0.4, -0.2) is 56.3 Å². The molecule has 0 aliphatic carbocycles. The first-order valence-electron chi connectivity index (χ1n) is 8.93. The van der Waals surface area contributed by atoms with Crippen molar-refractivity contribution in [2.75, 3.05) is 26.2 Å². The van der Waals surface area contributed by atoms with E-state index in [1.807, 2.05) is 31.2 Å². The third-order valence-electron chi connectivity index (χ3n) is 4.78. The van der Waals surface area contributed by atoms with Gasteiger partial charge in [0, 0.05) is 36.8 Å². The Morgan fingerprint density at radius 1 is 1.04 bits per heavy atom. The lowest BCUT2D eigenvalue weighted by molar-refractivity contribution is 0.0785. The largest absolute Gasteiger partial charge is 0.338 e. The Bertz CT molecular complexity index is 885. The second-order valence-electron chi connectivity index (χ2n) is 6.69. The lowest BCUT2D eigenvalue weighted by Gasteiger charge is -2.36. The molecule has 8 nitrogen and oxygen atoms in total. The number of piperazine rings is 1. The SMILES string of the molecule is Cc1noc(C(C)N2CCN(Cc3nc(-c4ccc(Cl)cc4)no3)CC2)n1. The van der Waals surface area contributed by atoms with Crippen molar-refractivity contribution in [1.82, 2.24) is 30.1 Å². The molecule has 1 fully saturated rings. The van der Waals surface area contributed by atoms with Crippen molar-refractivity contribution >= 4 is 11.6 Å². The molecule has 0 N–H and O–H groups in total. The number of hydrogen-bond donors (Lipinski definition) is 0. The second-order valence-corrected chi connectivity index (χ2v) is 7.12. The van der Waals surface area contributed by atoms with Gasteiger partial charge in [-0.2, -0.15) is 9.97 Å². The third-order valence-corrected chi connectivity index (χ3v) is 5.04. The monoisotopic (exact) mass is 388 g/mol. The molecule has 1 aliphatic rings. The van der Waals surface area contributed by atoms with E-state index in [0.717, 1.165) is 31.7 Å². The van der Waals surface area contributed by atoms with E-state index in [-0.39, 0.29) is 6.04 Å². The zero-order valence-electron chi connectivity index (χ0n) is 15.3. The predicted molar refractivity (Wildman–Crippen MR) is 99.0 cm³/mol. The molecule has 2 aromatic heterocycles. The number of halogens is 1. The van der Waals surface area contributed by atoms with E-state index in [4.69, 9.17) is 20.6 Å². The molecule has 0 spiro atoms. The average Bonchev–Trinajstić information content (AvgIpc) is 3.32. The number of aromatic nitrogens is 4. The molecule has 1 atom stereocenters. The van der Waals surface area contributed by atoms with Crippen LogP contribution in [0.25, 0.3) is 11.4 Å². The first kappa shape index (κ1) is 18.1. The maximum absolute atomic E-state index is 5.92. The fraction of sp³-hybridized carbons (Fsp3) is 0.444. The molecule has 0 amide bonds. The number of nitrogens with zero attached hydrogens (tertiary/aromatic N) is 6. The molecule has 4 rings (SSSR count). The molecule has 1 aromatic carbocycles. The standard InChI is InChI=1S/C18H21ClN6O2/c1-12(18-20-13(2)22-27-18)25-9-7-24(8-10-25)11-16-21-17(23-26-16)14-3-5-15(19)6-4-14/h3-6,12H,7-11H2,1-2H3. The van der Waals surface area contributed by atoms with E-state index >= 15 is 0 Å². The summed E-state index contributed by atoms with van der Waals surface area (Å²) in [6.45, 7) is 8.23. The van der Waals surface area contributed by atoms with Crippen LogP contribution in [-0.2, 0) is 6.54 Å². The van der Waals surface area contributed by atoms with Crippen LogP contribution in [0, 0.1) is 6.92 Å². The van der Waals surface area contributed by atoms with Crippen molar-refractivity contribution in [3.8, 4) is 11.4 Å². The van der Waals surface area contributed by atoms with E-state index in [0.29, 0.717) is 35.0 Å². The quantitative estimate of drug-likeness (QED) is 0.659. The number of aryl methyl sites for hydroxylation is 1. The molecule has 3 heterocycles. The highest BCUT2D eigenvalue weighted by Crippen LogP contribution is 2.22. The molecule has 1 unspecified atom stereocenters. The maximum atomic E-state index is 5.92. The third kappa shape index (κ3) is 4.18. The van der Waals surface area contributed by atoms with Gasteiger partial charge in [0.2, 0.25) is 17.6 Å². The topological polar surface area (TPSA) is 84.3 Å². The van der Waals surface area contributed by atoms with Gasteiger partial charge in [0.25, 0.3) is 0 Å². The Balaban J connectivity index is 1.32. The lowest BCUT2D eigenvalue weighted by atomic mass is 10.2. The van der Waals surface area contributed by atoms with E-state index in [2.05, 4.69) is 37.0 Å². The predicted octanol–water partition coefficient (Wildman–Crippen LogP) is 2.96. The molecular formula is C18H21ClN6O2. The minimum Gasteiger partial charge on any atom is -0.338 e. The summed E-state index contributed by atoms with van der Waals surface area (Å²) in [6, 6.07) is 7.52. The highest BCUT2D eigenvalue weighted by atomic mass is 35.5. The Morgan fingerprint density at radius 3 is 2.44 bits per heavy atom. The minimum absolute atomic E-state index is 0.119. The summed E-state index contributed by atoms with van der Waals surface area (Å²) < 4.78 is 10.7. The summed E-state index contributed by atoms with van der Waals surface area (Å²) in [6.07, 6.45) is 0. The van der Waals surface area contributed by atoms with E-state index < -0.39 is 0 Å². The zero-order chi connectivity index (χ0) is 18.8. The Kier molecular flexibility index (Phi) is 5.20. The van der Waals surface area contributed by atoms with Crippen LogP contribution >= 0.6 is 11.6 Å². The lowest BCUT2D eigenvalue weighted by Crippen LogP contribution is -2.46. The summed E-state index contributed by atoms with van der Waals surface area (Å²) in [7, 11) is 0. The second kappa shape index (κ2) is 7.75. The fourth-order valence-corrected chi connectivity index (χ4v) is 3.30. The van der Waals surface area contributed by atoms with Crippen LogP contribution in [0.3, 0.4) is 0 Å². The van der Waals surface area contributed by atoms with Gasteiger partial charge < -0.3 is 9.05 Å². The molecule has 9 heteroatoms. The Labute approximate surface area is 162 Å². The van der Waals surface area contributed by atoms with Gasteiger partial charge in [-0.05, 0) is 38.1 Å². The van der Waals surface area contributed by atoms with Gasteiger partial charge >= 0.3 is 0 Å². The summed E-state index contributed by atoms with van der Waals surface area (Å²) in [5.74, 6) is 2.54. The van der Waals surface area contributed by atoms with Crippen molar-refractivity contribution < 1.29 is 9.05 Å². The van der Waals surface area contributed by atoms with Gasteiger partial charge in [-0.15, -0.1) is 0 Å². The molecule has 27 heavy (non-hydrogen) atoms. The van der Waals surface area contributed by atoms with E-state index in [1.54, 1.807) is 0 Å². The van der Waals surface area contributed by atoms with Gasteiger partial charge in [-0.1, -0.05) is 21.9 Å². The average molecular weight is 389 g/mol.